The van der Waals surface area contributed by atoms with Crippen LogP contribution in [0.4, 0.5) is 0 Å². The van der Waals surface area contributed by atoms with Crippen LogP contribution in [0.3, 0.4) is 0 Å². The summed E-state index contributed by atoms with van der Waals surface area (Å²) in [4.78, 5) is 146. The van der Waals surface area contributed by atoms with Crippen molar-refractivity contribution in [3.05, 3.63) is 102 Å². The first-order valence-electron chi connectivity index (χ1n) is 26.6. The van der Waals surface area contributed by atoms with Crippen LogP contribution >= 0.6 is 0 Å². The van der Waals surface area contributed by atoms with Gasteiger partial charge in [-0.25, -0.2) is 4.79 Å². The van der Waals surface area contributed by atoms with E-state index in [1.165, 1.54) is 31.2 Å². The quantitative estimate of drug-likeness (QED) is 0.0266. The van der Waals surface area contributed by atoms with Crippen molar-refractivity contribution in [2.24, 2.45) is 28.9 Å². The highest BCUT2D eigenvalue weighted by atomic mass is 16.4. The highest BCUT2D eigenvalue weighted by molar-refractivity contribution is 5.98. The van der Waals surface area contributed by atoms with Crippen LogP contribution in [0.5, 0.6) is 5.75 Å². The molecule has 3 aromatic carbocycles. The molecule has 0 aliphatic carbocycles. The minimum Gasteiger partial charge on any atom is -0.508 e. The number of phenolic OH excluding ortho intramolecular Hbond substituents is 1. The van der Waals surface area contributed by atoms with Crippen molar-refractivity contribution in [2.75, 3.05) is 13.2 Å². The van der Waals surface area contributed by atoms with Gasteiger partial charge in [-0.15, -0.1) is 0 Å². The summed E-state index contributed by atoms with van der Waals surface area (Å²) in [5.41, 5.74) is 23.9. The number of carbonyl (C=O) groups excluding carboxylic acids is 10. The number of carboxylic acid groups (broad SMARTS) is 1. The van der Waals surface area contributed by atoms with Gasteiger partial charge in [0, 0.05) is 32.1 Å². The van der Waals surface area contributed by atoms with Crippen LogP contribution in [-0.4, -0.2) is 148 Å². The zero-order chi connectivity index (χ0) is 60.2. The van der Waals surface area contributed by atoms with Crippen LogP contribution in [-0.2, 0) is 72.0 Å². The topological polar surface area (TPSA) is 449 Å². The molecule has 0 aromatic heterocycles. The molecule has 0 heterocycles. The largest absolute Gasteiger partial charge is 0.508 e. The van der Waals surface area contributed by atoms with E-state index in [1.807, 2.05) is 0 Å². The van der Waals surface area contributed by atoms with Crippen LogP contribution in [0, 0.1) is 5.92 Å². The minimum absolute atomic E-state index is 0.0466. The lowest BCUT2D eigenvalue weighted by molar-refractivity contribution is -0.142. The van der Waals surface area contributed by atoms with E-state index in [0.717, 1.165) is 0 Å². The summed E-state index contributed by atoms with van der Waals surface area (Å²) in [6.07, 6.45) is -0.412. The highest BCUT2D eigenvalue weighted by Gasteiger charge is 2.36. The molecule has 26 heteroatoms. The summed E-state index contributed by atoms with van der Waals surface area (Å²) in [7, 11) is 0. The second kappa shape index (κ2) is 34.5. The number of aromatic hydroxyl groups is 1. The van der Waals surface area contributed by atoms with Crippen molar-refractivity contribution in [2.45, 2.75) is 146 Å². The molecule has 0 fully saturated rings. The molecule has 3 aromatic rings. The number of hydrogen-bond acceptors (Lipinski definition) is 15. The SMILES string of the molecule is CC[C@H](C)[C@H](NC(=O)[C@H](CO)NC(=O)[C@H](CCC(N)=O)NC(=O)[C@H](Cc1ccccc1)NC(=O)[C@@H](N)CCC(N)=O)C(=O)N[C@@H](Cc1ccc(O)cc1)C(=O)N[C@@H](C)C(=O)N[C@@H](CCCCN)C(=O)N[C@@H](Cc1ccccc1)C(=O)O. The fourth-order valence-electron chi connectivity index (χ4n) is 8.12. The average Bonchev–Trinajstić information content (AvgIpc) is 3.45. The number of aliphatic hydroxyl groups is 1. The summed E-state index contributed by atoms with van der Waals surface area (Å²) in [5, 5.41) is 50.5. The third-order valence-corrected chi connectivity index (χ3v) is 13.1. The Morgan fingerprint density at radius 3 is 1.41 bits per heavy atom. The van der Waals surface area contributed by atoms with Gasteiger partial charge in [-0.3, -0.25) is 47.9 Å². The number of aliphatic hydroxyl groups excluding tert-OH is 1. The van der Waals surface area contributed by atoms with E-state index < -0.39 is 145 Å². The Balaban J connectivity index is 1.84. The second-order valence-electron chi connectivity index (χ2n) is 19.6. The van der Waals surface area contributed by atoms with Gasteiger partial charge >= 0.3 is 5.97 Å². The van der Waals surface area contributed by atoms with Crippen molar-refractivity contribution >= 4 is 65.0 Å². The Bertz CT molecular complexity index is 2590. The highest BCUT2D eigenvalue weighted by Crippen LogP contribution is 2.15. The number of primary amides is 2. The Kier molecular flexibility index (Phi) is 28.4. The van der Waals surface area contributed by atoms with Gasteiger partial charge in [-0.2, -0.15) is 0 Å². The number of hydrogen-bond donors (Lipinski definition) is 15. The third-order valence-electron chi connectivity index (χ3n) is 13.1. The molecular formula is C55H78N12O14. The van der Waals surface area contributed by atoms with E-state index in [1.54, 1.807) is 74.5 Å². The number of amides is 10. The Hall–Kier alpha value is -8.49. The Morgan fingerprint density at radius 2 is 0.901 bits per heavy atom. The smallest absolute Gasteiger partial charge is 0.326 e. The van der Waals surface area contributed by atoms with Gasteiger partial charge in [0.15, 0.2) is 0 Å². The summed E-state index contributed by atoms with van der Waals surface area (Å²) in [6.45, 7) is 3.85. The maximum Gasteiger partial charge on any atom is 0.326 e. The molecule has 19 N–H and O–H groups in total. The molecule has 0 saturated heterocycles. The number of carbonyl (C=O) groups is 11. The molecule has 10 atom stereocenters. The number of rotatable bonds is 36. The van der Waals surface area contributed by atoms with Crippen molar-refractivity contribution in [3.8, 4) is 5.75 Å². The lowest BCUT2D eigenvalue weighted by atomic mass is 9.96. The number of nitrogens with one attached hydrogen (secondary N) is 8. The van der Waals surface area contributed by atoms with Crippen molar-refractivity contribution in [3.63, 3.8) is 0 Å². The van der Waals surface area contributed by atoms with Crippen LogP contribution in [0.1, 0.15) is 88.8 Å². The number of aliphatic carboxylic acids is 1. The lowest BCUT2D eigenvalue weighted by Gasteiger charge is -2.29. The van der Waals surface area contributed by atoms with Gasteiger partial charge in [0.1, 0.15) is 54.1 Å². The summed E-state index contributed by atoms with van der Waals surface area (Å²) >= 11 is 0. The van der Waals surface area contributed by atoms with E-state index in [4.69, 9.17) is 22.9 Å². The average molecular weight is 1130 g/mol. The predicted octanol–water partition coefficient (Wildman–Crippen LogP) is -2.57. The van der Waals surface area contributed by atoms with Gasteiger partial charge in [0.2, 0.25) is 59.1 Å². The lowest BCUT2D eigenvalue weighted by Crippen LogP contribution is -2.62. The van der Waals surface area contributed by atoms with E-state index in [9.17, 15) is 68.1 Å². The number of unbranched alkanes of at least 4 members (excludes halogenated alkanes) is 1. The van der Waals surface area contributed by atoms with E-state index in [0.29, 0.717) is 29.5 Å². The van der Waals surface area contributed by atoms with Gasteiger partial charge in [-0.1, -0.05) is 93.1 Å². The number of carboxylic acids is 1. The number of benzene rings is 3. The predicted molar refractivity (Wildman–Crippen MR) is 295 cm³/mol. The normalized spacial score (nSPS) is 14.7. The second-order valence-corrected chi connectivity index (χ2v) is 19.6. The maximum atomic E-state index is 14.3. The first-order chi connectivity index (χ1) is 38.5. The van der Waals surface area contributed by atoms with Crippen LogP contribution < -0.4 is 65.5 Å². The molecule has 0 saturated carbocycles. The molecule has 442 valence electrons. The van der Waals surface area contributed by atoms with E-state index >= 15 is 0 Å². The fourth-order valence-corrected chi connectivity index (χ4v) is 8.12. The summed E-state index contributed by atoms with van der Waals surface area (Å²) < 4.78 is 0. The third kappa shape index (κ3) is 23.8. The number of phenols is 1. The molecule has 26 nitrogen and oxygen atoms in total. The molecule has 0 spiro atoms. The van der Waals surface area contributed by atoms with E-state index in [-0.39, 0.29) is 57.2 Å². The zero-order valence-corrected chi connectivity index (χ0v) is 45.7. The molecule has 0 aliphatic heterocycles. The molecule has 0 bridgehead atoms. The Labute approximate surface area is 469 Å². The molecule has 0 unspecified atom stereocenters. The summed E-state index contributed by atoms with van der Waals surface area (Å²) in [6, 6.07) is 9.80. The van der Waals surface area contributed by atoms with Crippen LogP contribution in [0.25, 0.3) is 0 Å². The maximum absolute atomic E-state index is 14.3. The van der Waals surface area contributed by atoms with Crippen LogP contribution in [0.15, 0.2) is 84.9 Å². The van der Waals surface area contributed by atoms with Gasteiger partial charge in [-0.05, 0) is 80.3 Å². The molecule has 81 heavy (non-hydrogen) atoms. The van der Waals surface area contributed by atoms with Crippen molar-refractivity contribution < 1.29 is 68.1 Å². The summed E-state index contributed by atoms with van der Waals surface area (Å²) in [5.74, 6) is -11.0. The minimum atomic E-state index is -1.79. The first-order valence-corrected chi connectivity index (χ1v) is 26.6. The number of nitrogens with two attached hydrogens (primary N) is 4. The molecule has 3 rings (SSSR count). The van der Waals surface area contributed by atoms with Crippen LogP contribution in [0.2, 0.25) is 0 Å². The van der Waals surface area contributed by atoms with Crippen molar-refractivity contribution in [1.82, 2.24) is 42.5 Å². The molecule has 0 radical (unpaired) electrons. The Morgan fingerprint density at radius 1 is 0.481 bits per heavy atom. The van der Waals surface area contributed by atoms with Crippen molar-refractivity contribution in [1.29, 1.82) is 0 Å². The van der Waals surface area contributed by atoms with Gasteiger partial charge in [0.05, 0.1) is 12.6 Å². The monoisotopic (exact) mass is 1130 g/mol. The standard InChI is InChI=1S/C55H78N12O14/c1-4-31(2)46(67-53(78)43(30-68)66-50(75)39(23-25-45(59)71)62-52(77)41(27-33-13-7-5-8-14-33)63-48(73)37(57)22-24-44(58)70)54(79)64-40(28-35-18-20-36(69)21-19-35)51(76)60-32(3)47(72)61-38(17-11-12-26-56)49(74)65-42(55(80)81)29-34-15-9-6-10-16-34/h5-10,13-16,18-21,31-32,37-43,46,68-69H,4,11-12,17,22-30,56-57H2,1-3H3,(H2,58,70)(H2,59,71)(H,60,76)(H,61,72)(H,62,77)(H,63,73)(H,64,79)(H,65,74)(H,66,75)(H,67,78)(H,80,81)/t31-,32-,37-,38-,39-,40-,41-,42-,43-,46-/m0/s1. The first kappa shape index (κ1) is 66.8. The van der Waals surface area contributed by atoms with Gasteiger partial charge < -0.3 is 80.8 Å². The molecule has 0 aliphatic rings. The van der Waals surface area contributed by atoms with E-state index in [2.05, 4.69) is 42.5 Å². The molecule has 10 amide bonds. The van der Waals surface area contributed by atoms with Gasteiger partial charge in [0.25, 0.3) is 0 Å². The fraction of sp³-hybridized carbons (Fsp3) is 0.473. The zero-order valence-electron chi connectivity index (χ0n) is 45.7. The molecular weight excluding hydrogens is 1050 g/mol.